The monoisotopic (exact) mass is 1140 g/mol. The van der Waals surface area contributed by atoms with Crippen LogP contribution in [-0.2, 0) is 52.7 Å². The molecule has 33 nitrogen and oxygen atoms in total. The summed E-state index contributed by atoms with van der Waals surface area (Å²) in [6, 6.07) is -11.6. The number of aliphatic carboxylic acids is 1. The minimum Gasteiger partial charge on any atom is -0.480 e. The number of aliphatic imine (C=N–C) groups is 3. The Kier molecular flexibility index (Phi) is 35.7. The van der Waals surface area contributed by atoms with Crippen molar-refractivity contribution in [2.45, 2.75) is 146 Å². The Bertz CT molecular complexity index is 2120. The van der Waals surface area contributed by atoms with Gasteiger partial charge in [-0.3, -0.25) is 62.9 Å². The second kappa shape index (κ2) is 39.6. The summed E-state index contributed by atoms with van der Waals surface area (Å²) >= 11 is 1.28. The number of hydrogen-bond donors (Lipinski definition) is 19. The van der Waals surface area contributed by atoms with Crippen molar-refractivity contribution in [3.05, 3.63) is 0 Å². The number of amides is 10. The first kappa shape index (κ1) is 71.2. The molecule has 0 aromatic rings. The molecule has 10 amide bonds. The van der Waals surface area contributed by atoms with Crippen molar-refractivity contribution in [2.75, 3.05) is 44.7 Å². The van der Waals surface area contributed by atoms with Crippen molar-refractivity contribution in [3.63, 3.8) is 0 Å². The number of nitrogens with zero attached hydrogens (tertiary/aromatic N) is 3. The largest absolute Gasteiger partial charge is 0.480 e. The van der Waals surface area contributed by atoms with Crippen molar-refractivity contribution >= 4 is 94.7 Å². The highest BCUT2D eigenvalue weighted by atomic mass is 32.2. The highest BCUT2D eigenvalue weighted by Gasteiger charge is 2.36. The van der Waals surface area contributed by atoms with Crippen LogP contribution in [0.1, 0.15) is 97.3 Å². The summed E-state index contributed by atoms with van der Waals surface area (Å²) in [5.74, 6) is -11.7. The first-order chi connectivity index (χ1) is 37.2. The molecule has 0 unspecified atom stereocenters. The lowest BCUT2D eigenvalue weighted by atomic mass is 10.0. The van der Waals surface area contributed by atoms with E-state index >= 15 is 0 Å². The topological polar surface area (TPSA) is 602 Å². The van der Waals surface area contributed by atoms with Gasteiger partial charge in [0, 0.05) is 26.1 Å². The molecule has 0 aliphatic heterocycles. The van der Waals surface area contributed by atoms with Crippen LogP contribution < -0.4 is 99.9 Å². The Morgan fingerprint density at radius 3 is 1.20 bits per heavy atom. The highest BCUT2D eigenvalue weighted by molar-refractivity contribution is 7.98. The van der Waals surface area contributed by atoms with Gasteiger partial charge >= 0.3 is 5.97 Å². The lowest BCUT2D eigenvalue weighted by molar-refractivity contribution is -0.142. The fourth-order valence-electron chi connectivity index (χ4n) is 7.20. The molecule has 0 fully saturated rings. The number of carbonyl (C=O) groups excluding carboxylic acids is 10. The van der Waals surface area contributed by atoms with Gasteiger partial charge in [0.15, 0.2) is 17.9 Å². The van der Waals surface area contributed by atoms with E-state index in [1.54, 1.807) is 20.1 Å². The van der Waals surface area contributed by atoms with Crippen LogP contribution in [0, 0.1) is 5.92 Å². The van der Waals surface area contributed by atoms with Gasteiger partial charge < -0.3 is 105 Å². The van der Waals surface area contributed by atoms with Gasteiger partial charge in [-0.1, -0.05) is 13.8 Å². The number of nitrogens with one attached hydrogen (secondary N) is 8. The van der Waals surface area contributed by atoms with E-state index in [0.29, 0.717) is 6.42 Å². The molecule has 448 valence electrons. The van der Waals surface area contributed by atoms with Crippen LogP contribution in [0.15, 0.2) is 15.0 Å². The van der Waals surface area contributed by atoms with Crippen LogP contribution in [0.2, 0.25) is 0 Å². The Balaban J connectivity index is 6.78. The van der Waals surface area contributed by atoms with E-state index in [9.17, 15) is 57.8 Å². The summed E-state index contributed by atoms with van der Waals surface area (Å²) in [4.78, 5) is 158. The molecule has 29 N–H and O–H groups in total. The van der Waals surface area contributed by atoms with E-state index in [1.807, 2.05) is 0 Å². The van der Waals surface area contributed by atoms with Gasteiger partial charge in [0.05, 0.1) is 13.0 Å². The van der Waals surface area contributed by atoms with Crippen LogP contribution >= 0.6 is 11.8 Å². The summed E-state index contributed by atoms with van der Waals surface area (Å²) in [5.41, 5.74) is 54.4. The summed E-state index contributed by atoms with van der Waals surface area (Å²) in [7, 11) is 0. The molecule has 79 heavy (non-hydrogen) atoms. The van der Waals surface area contributed by atoms with Crippen molar-refractivity contribution in [1.82, 2.24) is 42.5 Å². The lowest BCUT2D eigenvalue weighted by Crippen LogP contribution is -2.61. The van der Waals surface area contributed by atoms with Gasteiger partial charge in [-0.2, -0.15) is 11.8 Å². The molecular weight excluding hydrogens is 1060 g/mol. The third-order valence-electron chi connectivity index (χ3n) is 11.3. The van der Waals surface area contributed by atoms with Gasteiger partial charge in [-0.05, 0) is 95.1 Å². The predicted molar refractivity (Wildman–Crippen MR) is 295 cm³/mol. The molecule has 0 heterocycles. The van der Waals surface area contributed by atoms with Crippen LogP contribution in [0.4, 0.5) is 0 Å². The fourth-order valence-corrected chi connectivity index (χ4v) is 7.67. The number of carboxylic acids is 1. The number of hydrogen-bond acceptors (Lipinski definition) is 17. The first-order valence-electron chi connectivity index (χ1n) is 25.4. The second-order valence-electron chi connectivity index (χ2n) is 18.3. The SMILES string of the molecule is CSCC[C@H](NC(=O)[C@@H](NC(=O)[C@H](CCCN=C(N)N)NC(=O)[C@H](CCCN=C(N)N)NC(=O)CN)C(C)C)C(=O)N[C@@H](CC(N)=O)C(=O)N[C@@H](CCC(N)=O)C(=O)N[C@@H](CCCCN)C(=O)N[C@@H](CCCN=C(N)N)C(=O)O. The zero-order valence-electron chi connectivity index (χ0n) is 45.1. The lowest BCUT2D eigenvalue weighted by Gasteiger charge is -2.29. The molecule has 0 radical (unpaired) electrons. The minimum atomic E-state index is -1.81. The summed E-state index contributed by atoms with van der Waals surface area (Å²) < 4.78 is 0. The summed E-state index contributed by atoms with van der Waals surface area (Å²) in [5, 5.41) is 29.7. The molecule has 0 aliphatic carbocycles. The summed E-state index contributed by atoms with van der Waals surface area (Å²) in [6.07, 6.45) is 0.897. The quantitative estimate of drug-likeness (QED) is 0.0153. The molecule has 0 rings (SSSR count). The predicted octanol–water partition coefficient (Wildman–Crippen LogP) is -8.25. The van der Waals surface area contributed by atoms with E-state index in [0.717, 1.165) is 0 Å². The molecule has 0 saturated carbocycles. The number of nitrogens with two attached hydrogens (primary N) is 10. The minimum absolute atomic E-state index is 0.0282. The van der Waals surface area contributed by atoms with Crippen molar-refractivity contribution in [2.24, 2.45) is 78.2 Å². The van der Waals surface area contributed by atoms with Crippen molar-refractivity contribution in [1.29, 1.82) is 0 Å². The first-order valence-corrected chi connectivity index (χ1v) is 26.8. The number of primary amides is 2. The van der Waals surface area contributed by atoms with Gasteiger partial charge in [-0.15, -0.1) is 0 Å². The molecule has 0 saturated heterocycles. The van der Waals surface area contributed by atoms with Crippen LogP contribution in [0.25, 0.3) is 0 Å². The Labute approximate surface area is 462 Å². The normalized spacial score (nSPS) is 13.8. The molecule has 8 atom stereocenters. The van der Waals surface area contributed by atoms with Crippen molar-refractivity contribution < 1.29 is 57.8 Å². The molecule has 0 spiro atoms. The molecule has 0 bridgehead atoms. The standard InChI is InChI=1S/C45H85N21O12S/c1-23(2)34(66-39(74)26(11-7-18-57-44(52)53)61-35(70)24(59-33(69)22-47)10-6-17-56-43(50)51)41(76)63-28(15-20-79-3)38(73)65-30(21-32(49)68)40(75)62-27(13-14-31(48)67)37(72)60-25(9-4-5-16-46)36(71)64-29(42(77)78)12-8-19-58-45(54)55/h23-30,34H,4-22,46-47H2,1-3H3,(H2,48,67)(H2,49,68)(H,59,69)(H,60,72)(H,61,70)(H,62,75)(H,63,76)(H,64,71)(H,65,73)(H,66,74)(H,77,78)(H4,50,51,56)(H4,52,53,57)(H4,54,55,58)/t24-,25-,26-,27-,28-,29-,30-,34-/m0/s1. The number of guanidine groups is 3. The van der Waals surface area contributed by atoms with Gasteiger partial charge in [0.2, 0.25) is 59.1 Å². The molecular formula is C45H85N21O12S. The van der Waals surface area contributed by atoms with E-state index in [1.165, 1.54) is 11.8 Å². The smallest absolute Gasteiger partial charge is 0.326 e. The fraction of sp³-hybridized carbons (Fsp3) is 0.689. The summed E-state index contributed by atoms with van der Waals surface area (Å²) in [6.45, 7) is 3.14. The maximum atomic E-state index is 14.1. The maximum absolute atomic E-state index is 14.1. The number of carbonyl (C=O) groups is 11. The number of rotatable bonds is 42. The average Bonchev–Trinajstić information content (AvgIpc) is 3.36. The Morgan fingerprint density at radius 2 is 0.810 bits per heavy atom. The number of carboxylic acid groups (broad SMARTS) is 1. The molecule has 0 aliphatic rings. The zero-order chi connectivity index (χ0) is 60.2. The van der Waals surface area contributed by atoms with Crippen LogP contribution in [-0.4, -0.2) is 181 Å². The van der Waals surface area contributed by atoms with E-state index in [-0.39, 0.29) is 108 Å². The molecule has 0 aromatic heterocycles. The third kappa shape index (κ3) is 31.9. The van der Waals surface area contributed by atoms with Gasteiger partial charge in [-0.25, -0.2) is 4.79 Å². The second-order valence-corrected chi connectivity index (χ2v) is 19.3. The van der Waals surface area contributed by atoms with E-state index in [2.05, 4.69) is 57.5 Å². The van der Waals surface area contributed by atoms with Crippen molar-refractivity contribution in [3.8, 4) is 0 Å². The van der Waals surface area contributed by atoms with E-state index in [4.69, 9.17) is 57.3 Å². The average molecular weight is 1140 g/mol. The number of unbranched alkanes of at least 4 members (excludes halogenated alkanes) is 1. The third-order valence-corrected chi connectivity index (χ3v) is 12.0. The highest BCUT2D eigenvalue weighted by Crippen LogP contribution is 2.11. The molecule has 34 heteroatoms. The van der Waals surface area contributed by atoms with Crippen LogP contribution in [0.5, 0.6) is 0 Å². The van der Waals surface area contributed by atoms with E-state index < -0.39 is 145 Å². The number of thioether (sulfide) groups is 1. The van der Waals surface area contributed by atoms with Gasteiger partial charge in [0.1, 0.15) is 48.3 Å². The van der Waals surface area contributed by atoms with Gasteiger partial charge in [0.25, 0.3) is 0 Å². The van der Waals surface area contributed by atoms with Crippen LogP contribution in [0.3, 0.4) is 0 Å². The zero-order valence-corrected chi connectivity index (χ0v) is 45.9. The maximum Gasteiger partial charge on any atom is 0.326 e. The Morgan fingerprint density at radius 1 is 0.443 bits per heavy atom. The molecule has 0 aromatic carbocycles. The Hall–Kier alpha value is -7.75.